The van der Waals surface area contributed by atoms with Crippen molar-refractivity contribution in [3.05, 3.63) is 9.61 Å². The molecule has 5 nitrogen and oxygen atoms in total. The quantitative estimate of drug-likeness (QED) is 0.882. The van der Waals surface area contributed by atoms with E-state index in [1.807, 2.05) is 0 Å². The van der Waals surface area contributed by atoms with Crippen LogP contribution in [0.1, 0.15) is 12.1 Å². The molecule has 1 aromatic heterocycles. The Labute approximate surface area is 107 Å². The van der Waals surface area contributed by atoms with Crippen molar-refractivity contribution >= 4 is 37.3 Å². The highest BCUT2D eigenvalue weighted by Gasteiger charge is 2.25. The fourth-order valence-corrected chi connectivity index (χ4v) is 4.86. The fraction of sp³-hybridized carbons (Fsp3) is 0.625. The molecule has 0 spiro atoms. The smallest absolute Gasteiger partial charge is 0.254 e. The summed E-state index contributed by atoms with van der Waals surface area (Å²) in [4.78, 5) is 4.02. The van der Waals surface area contributed by atoms with E-state index in [2.05, 4.69) is 20.9 Å². The maximum atomic E-state index is 12.1. The van der Waals surface area contributed by atoms with Crippen LogP contribution in [0.5, 0.6) is 0 Å². The molecule has 0 saturated heterocycles. The maximum absolute atomic E-state index is 12.1. The molecule has 0 radical (unpaired) electrons. The zero-order valence-corrected chi connectivity index (χ0v) is 12.2. The van der Waals surface area contributed by atoms with E-state index < -0.39 is 10.0 Å². The summed E-state index contributed by atoms with van der Waals surface area (Å²) in [5.74, 6) is 0. The first-order valence-corrected chi connectivity index (χ1v) is 7.64. The molecule has 1 heterocycles. The van der Waals surface area contributed by atoms with Gasteiger partial charge in [0.25, 0.3) is 10.0 Å². The average Bonchev–Trinajstić information content (AvgIpc) is 2.54. The first-order chi connectivity index (χ1) is 7.39. The number of rotatable bonds is 5. The van der Waals surface area contributed by atoms with Gasteiger partial charge in [0.15, 0.2) is 8.13 Å². The van der Waals surface area contributed by atoms with Gasteiger partial charge in [0.05, 0.1) is 5.69 Å². The summed E-state index contributed by atoms with van der Waals surface area (Å²) < 4.78 is 26.2. The lowest BCUT2D eigenvalue weighted by Gasteiger charge is -2.15. The molecule has 92 valence electrons. The highest BCUT2D eigenvalue weighted by atomic mass is 79.9. The Bertz CT molecular complexity index is 458. The van der Waals surface area contributed by atoms with Crippen molar-refractivity contribution in [1.29, 1.82) is 0 Å². The topological polar surface area (TPSA) is 70.5 Å². The second kappa shape index (κ2) is 5.54. The minimum atomic E-state index is -3.47. The molecule has 0 aliphatic heterocycles. The summed E-state index contributed by atoms with van der Waals surface area (Å²) in [7, 11) is -1.97. The molecule has 0 saturated carbocycles. The summed E-state index contributed by atoms with van der Waals surface area (Å²) in [6.07, 6.45) is 0.425. The van der Waals surface area contributed by atoms with E-state index in [0.717, 1.165) is 11.3 Å². The number of aliphatic hydroxyl groups is 1. The lowest BCUT2D eigenvalue weighted by atomic mass is 10.5. The van der Waals surface area contributed by atoms with Crippen LogP contribution in [0.3, 0.4) is 0 Å². The van der Waals surface area contributed by atoms with Gasteiger partial charge in [0.2, 0.25) is 0 Å². The molecule has 0 aromatic carbocycles. The van der Waals surface area contributed by atoms with Crippen molar-refractivity contribution in [3.8, 4) is 0 Å². The number of nitrogens with zero attached hydrogens (tertiary/aromatic N) is 2. The molecular formula is C8H13BrN2O3S2. The molecule has 0 aliphatic carbocycles. The molecule has 0 bridgehead atoms. The third-order valence-electron chi connectivity index (χ3n) is 2.00. The SMILES string of the molecule is Cc1nc(Br)sc1S(=O)(=O)N(C)CCCO. The Kier molecular flexibility index (Phi) is 4.87. The van der Waals surface area contributed by atoms with Crippen LogP contribution in [0.2, 0.25) is 0 Å². The number of thiazole rings is 1. The summed E-state index contributed by atoms with van der Waals surface area (Å²) in [5, 5.41) is 8.67. The van der Waals surface area contributed by atoms with Gasteiger partial charge in [0.1, 0.15) is 0 Å². The molecule has 0 amide bonds. The van der Waals surface area contributed by atoms with Crippen molar-refractivity contribution < 1.29 is 13.5 Å². The summed E-state index contributed by atoms with van der Waals surface area (Å²) in [6.45, 7) is 1.94. The van der Waals surface area contributed by atoms with Crippen LogP contribution < -0.4 is 0 Å². The van der Waals surface area contributed by atoms with Gasteiger partial charge in [-0.25, -0.2) is 17.7 Å². The van der Waals surface area contributed by atoms with Gasteiger partial charge in [-0.3, -0.25) is 0 Å². The Morgan fingerprint density at radius 3 is 2.62 bits per heavy atom. The van der Waals surface area contributed by atoms with Crippen LogP contribution >= 0.6 is 27.3 Å². The van der Waals surface area contributed by atoms with Gasteiger partial charge in [-0.05, 0) is 29.3 Å². The zero-order valence-electron chi connectivity index (χ0n) is 8.97. The molecule has 0 fully saturated rings. The van der Waals surface area contributed by atoms with Crippen LogP contribution in [-0.4, -0.2) is 43.0 Å². The van der Waals surface area contributed by atoms with E-state index in [0.29, 0.717) is 22.6 Å². The average molecular weight is 329 g/mol. The standard InChI is InChI=1S/C8H13BrN2O3S2/c1-6-7(15-8(9)10-6)16(13,14)11(2)4-3-5-12/h12H,3-5H2,1-2H3. The van der Waals surface area contributed by atoms with Crippen LogP contribution in [0, 0.1) is 6.92 Å². The number of aromatic nitrogens is 1. The first-order valence-electron chi connectivity index (χ1n) is 4.59. The molecule has 0 aliphatic rings. The monoisotopic (exact) mass is 328 g/mol. The van der Waals surface area contributed by atoms with Crippen LogP contribution in [-0.2, 0) is 10.0 Å². The maximum Gasteiger partial charge on any atom is 0.254 e. The molecule has 0 atom stereocenters. The molecule has 16 heavy (non-hydrogen) atoms. The van der Waals surface area contributed by atoms with E-state index in [-0.39, 0.29) is 10.8 Å². The molecular weight excluding hydrogens is 316 g/mol. The van der Waals surface area contributed by atoms with Gasteiger partial charge >= 0.3 is 0 Å². The molecule has 1 rings (SSSR count). The molecule has 0 unspecified atom stereocenters. The van der Waals surface area contributed by atoms with Crippen molar-refractivity contribution in [2.24, 2.45) is 0 Å². The summed E-state index contributed by atoms with van der Waals surface area (Å²) in [6, 6.07) is 0. The predicted molar refractivity (Wildman–Crippen MR) is 66.1 cm³/mol. The lowest BCUT2D eigenvalue weighted by molar-refractivity contribution is 0.275. The Hall–Kier alpha value is -0.0200. The minimum absolute atomic E-state index is 0.0226. The lowest BCUT2D eigenvalue weighted by Crippen LogP contribution is -2.28. The number of halogens is 1. The molecule has 1 N–H and O–H groups in total. The minimum Gasteiger partial charge on any atom is -0.396 e. The Morgan fingerprint density at radius 1 is 1.56 bits per heavy atom. The van der Waals surface area contributed by atoms with Crippen molar-refractivity contribution in [1.82, 2.24) is 9.29 Å². The zero-order chi connectivity index (χ0) is 12.3. The largest absolute Gasteiger partial charge is 0.396 e. The highest BCUT2D eigenvalue weighted by molar-refractivity contribution is 9.11. The van der Waals surface area contributed by atoms with E-state index in [1.165, 1.54) is 11.4 Å². The predicted octanol–water partition coefficient (Wildman–Crippen LogP) is 1.22. The number of hydrogen-bond acceptors (Lipinski definition) is 5. The van der Waals surface area contributed by atoms with Crippen molar-refractivity contribution in [3.63, 3.8) is 0 Å². The van der Waals surface area contributed by atoms with Crippen LogP contribution in [0.15, 0.2) is 8.13 Å². The Morgan fingerprint density at radius 2 is 2.19 bits per heavy atom. The van der Waals surface area contributed by atoms with E-state index in [9.17, 15) is 8.42 Å². The highest BCUT2D eigenvalue weighted by Crippen LogP contribution is 2.29. The number of hydrogen-bond donors (Lipinski definition) is 1. The third-order valence-corrected chi connectivity index (χ3v) is 6.06. The summed E-state index contributed by atoms with van der Waals surface area (Å²) in [5.41, 5.74) is 0.493. The van der Waals surface area contributed by atoms with E-state index >= 15 is 0 Å². The van der Waals surface area contributed by atoms with E-state index in [1.54, 1.807) is 6.92 Å². The van der Waals surface area contributed by atoms with Crippen LogP contribution in [0.25, 0.3) is 0 Å². The molecule has 1 aromatic rings. The van der Waals surface area contributed by atoms with Gasteiger partial charge in [-0.1, -0.05) is 11.3 Å². The molecule has 8 heteroatoms. The first kappa shape index (κ1) is 14.0. The van der Waals surface area contributed by atoms with Gasteiger partial charge in [-0.15, -0.1) is 0 Å². The summed E-state index contributed by atoms with van der Waals surface area (Å²) >= 11 is 4.26. The number of aryl methyl sites for hydroxylation is 1. The second-order valence-corrected chi connectivity index (χ2v) is 7.76. The number of sulfonamides is 1. The van der Waals surface area contributed by atoms with E-state index in [4.69, 9.17) is 5.11 Å². The van der Waals surface area contributed by atoms with Gasteiger partial charge in [0, 0.05) is 20.2 Å². The van der Waals surface area contributed by atoms with Crippen molar-refractivity contribution in [2.75, 3.05) is 20.2 Å². The normalized spacial score (nSPS) is 12.3. The third kappa shape index (κ3) is 3.01. The Balaban J connectivity index is 2.97. The number of aliphatic hydroxyl groups excluding tert-OH is 1. The second-order valence-electron chi connectivity index (χ2n) is 3.24. The van der Waals surface area contributed by atoms with Gasteiger partial charge in [-0.2, -0.15) is 0 Å². The van der Waals surface area contributed by atoms with Crippen LogP contribution in [0.4, 0.5) is 0 Å². The van der Waals surface area contributed by atoms with Crippen molar-refractivity contribution in [2.45, 2.75) is 17.6 Å². The fourth-order valence-electron chi connectivity index (χ4n) is 1.15. The van der Waals surface area contributed by atoms with Gasteiger partial charge < -0.3 is 5.11 Å².